The molecule has 0 atom stereocenters. The Morgan fingerprint density at radius 2 is 1.63 bits per heavy atom. The van der Waals surface area contributed by atoms with E-state index in [1.807, 2.05) is 12.1 Å². The topological polar surface area (TPSA) is 58.2 Å². The first-order valence-electron chi connectivity index (χ1n) is 6.60. The highest BCUT2D eigenvalue weighted by molar-refractivity contribution is 7.90. The predicted octanol–water partition coefficient (Wildman–Crippen LogP) is 1.43. The summed E-state index contributed by atoms with van der Waals surface area (Å²) in [6, 6.07) is 7.02. The van der Waals surface area contributed by atoms with E-state index in [0.717, 1.165) is 31.7 Å². The largest absolute Gasteiger partial charge is 0.315 e. The fourth-order valence-electron chi connectivity index (χ4n) is 1.65. The summed E-state index contributed by atoms with van der Waals surface area (Å²) in [6.45, 7) is 8.01. The number of benzene rings is 1. The maximum absolute atomic E-state index is 11.3. The Morgan fingerprint density at radius 1 is 1.05 bits per heavy atom. The first-order valence-corrected chi connectivity index (χ1v) is 8.49. The van der Waals surface area contributed by atoms with Gasteiger partial charge >= 0.3 is 0 Å². The maximum atomic E-state index is 11.3. The van der Waals surface area contributed by atoms with Crippen molar-refractivity contribution in [1.82, 2.24) is 10.6 Å². The highest BCUT2D eigenvalue weighted by Crippen LogP contribution is 2.09. The van der Waals surface area contributed by atoms with Crippen molar-refractivity contribution in [2.45, 2.75) is 25.3 Å². The Kier molecular flexibility index (Phi) is 6.48. The van der Waals surface area contributed by atoms with Gasteiger partial charge in [0.1, 0.15) is 0 Å². The molecule has 1 rings (SSSR count). The van der Waals surface area contributed by atoms with E-state index >= 15 is 0 Å². The molecule has 0 unspecified atom stereocenters. The van der Waals surface area contributed by atoms with Gasteiger partial charge < -0.3 is 10.6 Å². The number of hydrogen-bond donors (Lipinski definition) is 2. The molecule has 0 bridgehead atoms. The van der Waals surface area contributed by atoms with Crippen LogP contribution in [0.4, 0.5) is 0 Å². The van der Waals surface area contributed by atoms with E-state index in [-0.39, 0.29) is 0 Å². The Hall–Kier alpha value is -0.910. The van der Waals surface area contributed by atoms with Crippen LogP contribution in [0.1, 0.15) is 19.4 Å². The summed E-state index contributed by atoms with van der Waals surface area (Å²) in [7, 11) is -3.09. The van der Waals surface area contributed by atoms with Crippen molar-refractivity contribution in [2.75, 3.05) is 25.9 Å². The van der Waals surface area contributed by atoms with E-state index in [1.54, 1.807) is 12.1 Å². The normalized spacial score (nSPS) is 12.0. The Balaban J connectivity index is 2.27. The maximum Gasteiger partial charge on any atom is 0.175 e. The Labute approximate surface area is 116 Å². The van der Waals surface area contributed by atoms with E-state index in [1.165, 1.54) is 6.26 Å². The van der Waals surface area contributed by atoms with Crippen LogP contribution in [0.15, 0.2) is 29.2 Å². The van der Waals surface area contributed by atoms with Gasteiger partial charge in [0.2, 0.25) is 0 Å². The van der Waals surface area contributed by atoms with Crippen molar-refractivity contribution in [3.05, 3.63) is 29.8 Å². The van der Waals surface area contributed by atoms with Crippen LogP contribution in [0, 0.1) is 5.92 Å². The van der Waals surface area contributed by atoms with Gasteiger partial charge in [-0.05, 0) is 30.2 Å². The van der Waals surface area contributed by atoms with Crippen LogP contribution in [-0.2, 0) is 16.4 Å². The highest BCUT2D eigenvalue weighted by Gasteiger charge is 2.05. The quantitative estimate of drug-likeness (QED) is 0.709. The molecule has 1 aromatic rings. The first kappa shape index (κ1) is 16.1. The molecule has 0 aliphatic rings. The summed E-state index contributed by atoms with van der Waals surface area (Å²) >= 11 is 0. The molecule has 0 fully saturated rings. The van der Waals surface area contributed by atoms with Gasteiger partial charge in [0.15, 0.2) is 9.84 Å². The summed E-state index contributed by atoms with van der Waals surface area (Å²) < 4.78 is 22.6. The molecule has 0 aromatic heterocycles. The molecule has 2 N–H and O–H groups in total. The van der Waals surface area contributed by atoms with Crippen molar-refractivity contribution >= 4 is 9.84 Å². The average molecular weight is 284 g/mol. The molecule has 108 valence electrons. The van der Waals surface area contributed by atoms with Crippen LogP contribution < -0.4 is 10.6 Å². The zero-order chi connectivity index (χ0) is 14.3. The molecule has 0 saturated heterocycles. The van der Waals surface area contributed by atoms with Crippen LogP contribution in [0.25, 0.3) is 0 Å². The third-order valence-electron chi connectivity index (χ3n) is 2.71. The van der Waals surface area contributed by atoms with E-state index < -0.39 is 9.84 Å². The van der Waals surface area contributed by atoms with E-state index in [2.05, 4.69) is 24.5 Å². The molecule has 19 heavy (non-hydrogen) atoms. The van der Waals surface area contributed by atoms with E-state index in [9.17, 15) is 8.42 Å². The summed E-state index contributed by atoms with van der Waals surface area (Å²) in [4.78, 5) is 0.370. The molecular weight excluding hydrogens is 260 g/mol. The molecule has 5 heteroatoms. The van der Waals surface area contributed by atoms with E-state index in [4.69, 9.17) is 0 Å². The van der Waals surface area contributed by atoms with Crippen molar-refractivity contribution in [1.29, 1.82) is 0 Å². The Bertz CT molecular complexity index is 467. The van der Waals surface area contributed by atoms with Gasteiger partial charge in [0.05, 0.1) is 4.90 Å². The van der Waals surface area contributed by atoms with Crippen LogP contribution in [0.2, 0.25) is 0 Å². The fraction of sp³-hybridized carbons (Fsp3) is 0.571. The van der Waals surface area contributed by atoms with Gasteiger partial charge in [-0.15, -0.1) is 0 Å². The van der Waals surface area contributed by atoms with Crippen molar-refractivity contribution in [3.63, 3.8) is 0 Å². The Morgan fingerprint density at radius 3 is 2.16 bits per heavy atom. The third-order valence-corrected chi connectivity index (χ3v) is 3.84. The summed E-state index contributed by atoms with van der Waals surface area (Å²) in [5.41, 5.74) is 1.09. The van der Waals surface area contributed by atoms with Crippen LogP contribution >= 0.6 is 0 Å². The standard InChI is InChI=1S/C14H24N2O2S/c1-12(2)10-15-8-9-16-11-13-4-6-14(7-5-13)19(3,17)18/h4-7,12,15-16H,8-11H2,1-3H3. The lowest BCUT2D eigenvalue weighted by atomic mass is 10.2. The molecule has 4 nitrogen and oxygen atoms in total. The van der Waals surface area contributed by atoms with Gasteiger partial charge in [0.25, 0.3) is 0 Å². The second-order valence-corrected chi connectivity index (χ2v) is 7.21. The van der Waals surface area contributed by atoms with Crippen LogP contribution in [0.5, 0.6) is 0 Å². The molecule has 0 saturated carbocycles. The zero-order valence-corrected chi connectivity index (χ0v) is 12.8. The fourth-order valence-corrected chi connectivity index (χ4v) is 2.29. The lowest BCUT2D eigenvalue weighted by Crippen LogP contribution is -2.29. The second kappa shape index (κ2) is 7.62. The van der Waals surface area contributed by atoms with Gasteiger partial charge in [-0.25, -0.2) is 8.42 Å². The van der Waals surface area contributed by atoms with Crippen LogP contribution in [0.3, 0.4) is 0 Å². The van der Waals surface area contributed by atoms with Gasteiger partial charge in [0, 0.05) is 25.9 Å². The minimum atomic E-state index is -3.09. The minimum Gasteiger partial charge on any atom is -0.315 e. The number of hydrogen-bond acceptors (Lipinski definition) is 4. The SMILES string of the molecule is CC(C)CNCCNCc1ccc(S(C)(=O)=O)cc1. The first-order chi connectivity index (χ1) is 8.89. The lowest BCUT2D eigenvalue weighted by Gasteiger charge is -2.08. The van der Waals surface area contributed by atoms with Gasteiger partial charge in [-0.2, -0.15) is 0 Å². The molecule has 1 aromatic carbocycles. The molecule has 0 heterocycles. The van der Waals surface area contributed by atoms with E-state index in [0.29, 0.717) is 10.8 Å². The van der Waals surface area contributed by atoms with Crippen LogP contribution in [-0.4, -0.2) is 34.3 Å². The summed E-state index contributed by atoms with van der Waals surface area (Å²) in [6.07, 6.45) is 1.22. The molecular formula is C14H24N2O2S. The molecule has 0 radical (unpaired) electrons. The monoisotopic (exact) mass is 284 g/mol. The summed E-state index contributed by atoms with van der Waals surface area (Å²) in [5, 5.41) is 6.68. The van der Waals surface area contributed by atoms with Crippen molar-refractivity contribution in [2.24, 2.45) is 5.92 Å². The predicted molar refractivity (Wildman–Crippen MR) is 79.0 cm³/mol. The summed E-state index contributed by atoms with van der Waals surface area (Å²) in [5.74, 6) is 0.670. The highest BCUT2D eigenvalue weighted by atomic mass is 32.2. The molecule has 0 amide bonds. The zero-order valence-electron chi connectivity index (χ0n) is 11.9. The number of sulfone groups is 1. The van der Waals surface area contributed by atoms with Gasteiger partial charge in [-0.1, -0.05) is 26.0 Å². The van der Waals surface area contributed by atoms with Crippen molar-refractivity contribution < 1.29 is 8.42 Å². The number of rotatable bonds is 8. The number of nitrogens with one attached hydrogen (secondary N) is 2. The third kappa shape index (κ3) is 6.71. The van der Waals surface area contributed by atoms with Crippen molar-refractivity contribution in [3.8, 4) is 0 Å². The lowest BCUT2D eigenvalue weighted by molar-refractivity contribution is 0.535. The van der Waals surface area contributed by atoms with Gasteiger partial charge in [-0.3, -0.25) is 0 Å². The minimum absolute atomic E-state index is 0.370. The molecule has 0 aliphatic heterocycles. The smallest absolute Gasteiger partial charge is 0.175 e. The second-order valence-electron chi connectivity index (χ2n) is 5.19. The molecule has 0 aliphatic carbocycles. The average Bonchev–Trinajstić information content (AvgIpc) is 2.32. The molecule has 0 spiro atoms.